The van der Waals surface area contributed by atoms with E-state index in [9.17, 15) is 14.4 Å². The van der Waals surface area contributed by atoms with Crippen LogP contribution in [-0.2, 0) is 14.4 Å². The zero-order valence-corrected chi connectivity index (χ0v) is 10.6. The zero-order valence-electron chi connectivity index (χ0n) is 8.98. The Hall–Kier alpha value is -0.910. The third kappa shape index (κ3) is 1.75. The van der Waals surface area contributed by atoms with Crippen molar-refractivity contribution in [2.24, 2.45) is 0 Å². The van der Waals surface area contributed by atoms with Gasteiger partial charge in [0.05, 0.1) is 4.83 Å². The number of piperidine rings is 1. The molecule has 0 saturated carbocycles. The van der Waals surface area contributed by atoms with Gasteiger partial charge in [0.15, 0.2) is 0 Å². The van der Waals surface area contributed by atoms with Gasteiger partial charge >= 0.3 is 0 Å². The van der Waals surface area contributed by atoms with E-state index in [1.807, 2.05) is 0 Å². The van der Waals surface area contributed by atoms with Gasteiger partial charge in [-0.2, -0.15) is 0 Å². The minimum atomic E-state index is -0.447. The first-order valence-electron chi connectivity index (χ1n) is 5.27. The van der Waals surface area contributed by atoms with Crippen molar-refractivity contribution in [3.8, 4) is 0 Å². The topological polar surface area (TPSA) is 57.7 Å². The standard InChI is InChI=1S/C10H13BrN2O3/c1-12-8(14)3-2-7(10(12)16)13-5-4-6(11)9(13)15/h6-7H,2-5H2,1H3. The van der Waals surface area contributed by atoms with Crippen molar-refractivity contribution in [1.29, 1.82) is 0 Å². The molecule has 0 aromatic rings. The molecular formula is C10H13BrN2O3. The maximum atomic E-state index is 11.9. The number of alkyl halides is 1. The minimum Gasteiger partial charge on any atom is -0.330 e. The van der Waals surface area contributed by atoms with Crippen LogP contribution in [0.15, 0.2) is 0 Å². The molecule has 5 nitrogen and oxygen atoms in total. The van der Waals surface area contributed by atoms with Gasteiger partial charge in [-0.05, 0) is 12.8 Å². The van der Waals surface area contributed by atoms with Crippen molar-refractivity contribution in [2.45, 2.75) is 30.1 Å². The van der Waals surface area contributed by atoms with E-state index in [4.69, 9.17) is 0 Å². The first kappa shape index (κ1) is 11.6. The van der Waals surface area contributed by atoms with Crippen LogP contribution < -0.4 is 0 Å². The molecule has 6 heteroatoms. The molecule has 0 aromatic carbocycles. The average molecular weight is 289 g/mol. The van der Waals surface area contributed by atoms with E-state index in [1.165, 1.54) is 7.05 Å². The Kier molecular flexibility index (Phi) is 3.01. The lowest BCUT2D eigenvalue weighted by Crippen LogP contribution is -2.53. The maximum Gasteiger partial charge on any atom is 0.251 e. The fourth-order valence-corrected chi connectivity index (χ4v) is 2.63. The molecule has 0 N–H and O–H groups in total. The summed E-state index contributed by atoms with van der Waals surface area (Å²) >= 11 is 3.27. The normalized spacial score (nSPS) is 31.5. The number of amides is 3. The number of nitrogens with zero attached hydrogens (tertiary/aromatic N) is 2. The number of carbonyl (C=O) groups excluding carboxylic acids is 3. The second-order valence-electron chi connectivity index (χ2n) is 4.13. The summed E-state index contributed by atoms with van der Waals surface area (Å²) in [7, 11) is 1.48. The van der Waals surface area contributed by atoms with Crippen molar-refractivity contribution in [3.63, 3.8) is 0 Å². The minimum absolute atomic E-state index is 0.0406. The highest BCUT2D eigenvalue weighted by molar-refractivity contribution is 9.10. The van der Waals surface area contributed by atoms with Crippen molar-refractivity contribution in [3.05, 3.63) is 0 Å². The molecule has 88 valence electrons. The number of halogens is 1. The molecule has 2 atom stereocenters. The summed E-state index contributed by atoms with van der Waals surface area (Å²) in [5.41, 5.74) is 0. The molecule has 3 amide bonds. The number of hydrogen-bond acceptors (Lipinski definition) is 3. The highest BCUT2D eigenvalue weighted by Crippen LogP contribution is 2.25. The van der Waals surface area contributed by atoms with Crippen molar-refractivity contribution in [1.82, 2.24) is 9.80 Å². The van der Waals surface area contributed by atoms with Gasteiger partial charge in [0.25, 0.3) is 5.91 Å². The quantitative estimate of drug-likeness (QED) is 0.509. The van der Waals surface area contributed by atoms with Crippen molar-refractivity contribution < 1.29 is 14.4 Å². The SMILES string of the molecule is CN1C(=O)CCC(N2CCC(Br)C2=O)C1=O. The number of rotatable bonds is 1. The van der Waals surface area contributed by atoms with E-state index in [-0.39, 0.29) is 22.5 Å². The lowest BCUT2D eigenvalue weighted by atomic mass is 10.0. The summed E-state index contributed by atoms with van der Waals surface area (Å²) in [5, 5.41) is 0. The first-order valence-corrected chi connectivity index (χ1v) is 6.19. The van der Waals surface area contributed by atoms with Gasteiger partial charge in [-0.3, -0.25) is 19.3 Å². The van der Waals surface area contributed by atoms with Gasteiger partial charge in [0, 0.05) is 20.0 Å². The average Bonchev–Trinajstić information content (AvgIpc) is 2.58. The van der Waals surface area contributed by atoms with E-state index >= 15 is 0 Å². The lowest BCUT2D eigenvalue weighted by Gasteiger charge is -2.33. The predicted octanol–water partition coefficient (Wildman–Crippen LogP) is 0.130. The third-order valence-electron chi connectivity index (χ3n) is 3.17. The molecule has 2 aliphatic rings. The Labute approximate surface area is 102 Å². The molecule has 2 aliphatic heterocycles. The number of hydrogen-bond donors (Lipinski definition) is 0. The molecule has 2 unspecified atom stereocenters. The van der Waals surface area contributed by atoms with E-state index in [0.717, 1.165) is 11.3 Å². The van der Waals surface area contributed by atoms with Gasteiger partial charge in [-0.25, -0.2) is 0 Å². The molecule has 0 aromatic heterocycles. The maximum absolute atomic E-state index is 11.9. The van der Waals surface area contributed by atoms with Gasteiger partial charge in [-0.15, -0.1) is 0 Å². The molecule has 2 fully saturated rings. The van der Waals surface area contributed by atoms with E-state index in [2.05, 4.69) is 15.9 Å². The van der Waals surface area contributed by atoms with E-state index in [0.29, 0.717) is 19.4 Å². The number of carbonyl (C=O) groups is 3. The van der Waals surface area contributed by atoms with Crippen molar-refractivity contribution in [2.75, 3.05) is 13.6 Å². The number of likely N-dealkylation sites (tertiary alicyclic amines) is 2. The van der Waals surface area contributed by atoms with Gasteiger partial charge < -0.3 is 4.90 Å². The summed E-state index contributed by atoms with van der Waals surface area (Å²) in [6, 6.07) is -0.447. The summed E-state index contributed by atoms with van der Waals surface area (Å²) in [4.78, 5) is 37.5. The van der Waals surface area contributed by atoms with Gasteiger partial charge in [0.1, 0.15) is 6.04 Å². The van der Waals surface area contributed by atoms with Gasteiger partial charge in [0.2, 0.25) is 11.8 Å². The highest BCUT2D eigenvalue weighted by atomic mass is 79.9. The van der Waals surface area contributed by atoms with Crippen LogP contribution in [0, 0.1) is 0 Å². The molecule has 0 radical (unpaired) electrons. The van der Waals surface area contributed by atoms with Crippen LogP contribution in [0.2, 0.25) is 0 Å². The van der Waals surface area contributed by atoms with Gasteiger partial charge in [-0.1, -0.05) is 15.9 Å². The largest absolute Gasteiger partial charge is 0.330 e. The molecule has 2 rings (SSSR count). The molecule has 2 saturated heterocycles. The molecule has 2 heterocycles. The molecule has 16 heavy (non-hydrogen) atoms. The van der Waals surface area contributed by atoms with Crippen LogP contribution in [0.4, 0.5) is 0 Å². The van der Waals surface area contributed by atoms with E-state index in [1.54, 1.807) is 4.90 Å². The Morgan fingerprint density at radius 2 is 1.88 bits per heavy atom. The fraction of sp³-hybridized carbons (Fsp3) is 0.700. The van der Waals surface area contributed by atoms with E-state index < -0.39 is 6.04 Å². The number of likely N-dealkylation sites (N-methyl/N-ethyl adjacent to an activating group) is 1. The first-order chi connectivity index (χ1) is 7.52. The fourth-order valence-electron chi connectivity index (χ4n) is 2.16. The molecule has 0 spiro atoms. The smallest absolute Gasteiger partial charge is 0.251 e. The van der Waals surface area contributed by atoms with Crippen molar-refractivity contribution >= 4 is 33.7 Å². The van der Waals surface area contributed by atoms with Crippen LogP contribution in [0.25, 0.3) is 0 Å². The summed E-state index contributed by atoms with van der Waals surface area (Å²) in [6.07, 6.45) is 1.51. The summed E-state index contributed by atoms with van der Waals surface area (Å²) in [6.45, 7) is 0.590. The molecular weight excluding hydrogens is 276 g/mol. The van der Waals surface area contributed by atoms with Crippen LogP contribution in [-0.4, -0.2) is 52.0 Å². The number of imide groups is 1. The van der Waals surface area contributed by atoms with Crippen LogP contribution in [0.5, 0.6) is 0 Å². The highest BCUT2D eigenvalue weighted by Gasteiger charge is 2.41. The molecule has 0 aliphatic carbocycles. The second-order valence-corrected chi connectivity index (χ2v) is 5.24. The monoisotopic (exact) mass is 288 g/mol. The van der Waals surface area contributed by atoms with Crippen LogP contribution in [0.1, 0.15) is 19.3 Å². The Bertz CT molecular complexity index is 358. The summed E-state index contributed by atoms with van der Waals surface area (Å²) in [5.74, 6) is -0.462. The zero-order chi connectivity index (χ0) is 11.9. The lowest BCUT2D eigenvalue weighted by molar-refractivity contribution is -0.154. The van der Waals surface area contributed by atoms with Crippen LogP contribution >= 0.6 is 15.9 Å². The molecule has 0 bridgehead atoms. The Morgan fingerprint density at radius 1 is 1.19 bits per heavy atom. The van der Waals surface area contributed by atoms with Crippen LogP contribution in [0.3, 0.4) is 0 Å². The summed E-state index contributed by atoms with van der Waals surface area (Å²) < 4.78 is 0. The Balaban J connectivity index is 2.14. The second kappa shape index (κ2) is 4.16. The Morgan fingerprint density at radius 3 is 2.44 bits per heavy atom. The predicted molar refractivity (Wildman–Crippen MR) is 59.8 cm³/mol. The third-order valence-corrected chi connectivity index (χ3v) is 4.02.